The van der Waals surface area contributed by atoms with E-state index in [4.69, 9.17) is 4.98 Å². The van der Waals surface area contributed by atoms with E-state index in [-0.39, 0.29) is 6.10 Å². The van der Waals surface area contributed by atoms with E-state index in [1.807, 2.05) is 25.2 Å². The van der Waals surface area contributed by atoms with Crippen molar-refractivity contribution in [3.63, 3.8) is 0 Å². The third-order valence-corrected chi connectivity index (χ3v) is 6.26. The molecule has 0 radical (unpaired) electrons. The maximum atomic E-state index is 9.73. The van der Waals surface area contributed by atoms with Crippen molar-refractivity contribution in [2.45, 2.75) is 31.9 Å². The predicted molar refractivity (Wildman–Crippen MR) is 127 cm³/mol. The van der Waals surface area contributed by atoms with Crippen LogP contribution in [0.15, 0.2) is 36.8 Å². The summed E-state index contributed by atoms with van der Waals surface area (Å²) in [4.78, 5) is 23.7. The van der Waals surface area contributed by atoms with Crippen molar-refractivity contribution in [3.05, 3.63) is 48.2 Å². The first-order valence-corrected chi connectivity index (χ1v) is 11.2. The number of hydrogen-bond donors (Lipinski definition) is 3. The van der Waals surface area contributed by atoms with Crippen LogP contribution in [0.4, 0.5) is 28.8 Å². The third-order valence-electron chi connectivity index (χ3n) is 6.26. The number of aliphatic hydroxyl groups excluding tert-OH is 1. The van der Waals surface area contributed by atoms with Crippen molar-refractivity contribution in [3.8, 4) is 0 Å². The van der Waals surface area contributed by atoms with E-state index in [0.29, 0.717) is 5.95 Å². The number of rotatable bonds is 5. The number of anilines is 5. The standard InChI is InChI=1S/C23H30N8O/c1-29(2)21-13-24-23(28-22(21)31-12-9-19-20(14-31)26-15-25-19)27-16-3-5-17(6-4-16)30-10-7-18(32)8-11-30/h3-6,13,15,18,32H,7-12,14H2,1-2H3,(H,25,26)(H,24,27,28). The highest BCUT2D eigenvalue weighted by Crippen LogP contribution is 2.31. The molecule has 0 bridgehead atoms. The highest BCUT2D eigenvalue weighted by Gasteiger charge is 2.23. The van der Waals surface area contributed by atoms with Gasteiger partial charge in [0.15, 0.2) is 5.82 Å². The maximum absolute atomic E-state index is 9.73. The zero-order chi connectivity index (χ0) is 22.1. The molecule has 3 N–H and O–H groups in total. The number of benzene rings is 1. The van der Waals surface area contributed by atoms with E-state index in [1.165, 1.54) is 5.69 Å². The van der Waals surface area contributed by atoms with E-state index in [1.54, 1.807) is 6.33 Å². The zero-order valence-corrected chi connectivity index (χ0v) is 18.6. The lowest BCUT2D eigenvalue weighted by Gasteiger charge is -2.31. The smallest absolute Gasteiger partial charge is 0.229 e. The summed E-state index contributed by atoms with van der Waals surface area (Å²) in [6, 6.07) is 8.33. The number of imidazole rings is 1. The number of aromatic nitrogens is 4. The van der Waals surface area contributed by atoms with Crippen LogP contribution >= 0.6 is 0 Å². The summed E-state index contributed by atoms with van der Waals surface area (Å²) in [6.45, 7) is 3.40. The number of aliphatic hydroxyl groups is 1. The maximum Gasteiger partial charge on any atom is 0.229 e. The van der Waals surface area contributed by atoms with Gasteiger partial charge in [0.2, 0.25) is 5.95 Å². The van der Waals surface area contributed by atoms with Gasteiger partial charge in [-0.1, -0.05) is 0 Å². The second-order valence-electron chi connectivity index (χ2n) is 8.69. The van der Waals surface area contributed by atoms with Crippen molar-refractivity contribution >= 4 is 28.8 Å². The van der Waals surface area contributed by atoms with Gasteiger partial charge >= 0.3 is 0 Å². The first-order valence-electron chi connectivity index (χ1n) is 11.2. The Morgan fingerprint density at radius 2 is 1.84 bits per heavy atom. The first kappa shape index (κ1) is 20.6. The molecule has 9 heteroatoms. The van der Waals surface area contributed by atoms with Crippen LogP contribution in [0.2, 0.25) is 0 Å². The minimum Gasteiger partial charge on any atom is -0.393 e. The van der Waals surface area contributed by atoms with E-state index < -0.39 is 0 Å². The largest absolute Gasteiger partial charge is 0.393 e. The number of nitrogens with zero attached hydrogens (tertiary/aromatic N) is 6. The number of aromatic amines is 1. The summed E-state index contributed by atoms with van der Waals surface area (Å²) in [5.74, 6) is 1.49. The number of piperidine rings is 1. The molecule has 1 fully saturated rings. The molecule has 5 rings (SSSR count). The summed E-state index contributed by atoms with van der Waals surface area (Å²) in [5, 5.41) is 13.1. The monoisotopic (exact) mass is 434 g/mol. The van der Waals surface area contributed by atoms with Gasteiger partial charge < -0.3 is 30.1 Å². The Balaban J connectivity index is 1.34. The number of hydrogen-bond acceptors (Lipinski definition) is 8. The van der Waals surface area contributed by atoms with Crippen molar-refractivity contribution in [2.75, 3.05) is 53.7 Å². The lowest BCUT2D eigenvalue weighted by Crippen LogP contribution is -2.35. The molecule has 0 spiro atoms. The Bertz CT molecular complexity index is 1060. The van der Waals surface area contributed by atoms with Gasteiger partial charge in [0, 0.05) is 51.5 Å². The topological polar surface area (TPSA) is 96.4 Å². The number of nitrogens with one attached hydrogen (secondary N) is 2. The molecule has 2 aromatic heterocycles. The Kier molecular flexibility index (Phi) is 5.57. The Labute approximate surface area is 188 Å². The number of fused-ring (bicyclic) bond motifs is 1. The normalized spacial score (nSPS) is 16.7. The van der Waals surface area contributed by atoms with Gasteiger partial charge in [-0.15, -0.1) is 0 Å². The average Bonchev–Trinajstić information content (AvgIpc) is 3.28. The summed E-state index contributed by atoms with van der Waals surface area (Å²) >= 11 is 0. The molecule has 4 heterocycles. The quantitative estimate of drug-likeness (QED) is 0.564. The summed E-state index contributed by atoms with van der Waals surface area (Å²) in [7, 11) is 4.03. The van der Waals surface area contributed by atoms with Gasteiger partial charge in [-0.2, -0.15) is 4.98 Å². The third kappa shape index (κ3) is 4.20. The summed E-state index contributed by atoms with van der Waals surface area (Å²) < 4.78 is 0. The second kappa shape index (κ2) is 8.66. The molecular formula is C23H30N8O. The molecular weight excluding hydrogens is 404 g/mol. The Morgan fingerprint density at radius 3 is 2.59 bits per heavy atom. The van der Waals surface area contributed by atoms with E-state index >= 15 is 0 Å². The number of H-pyrrole nitrogens is 1. The van der Waals surface area contributed by atoms with Crippen LogP contribution in [0.3, 0.4) is 0 Å². The lowest BCUT2D eigenvalue weighted by molar-refractivity contribution is 0.145. The van der Waals surface area contributed by atoms with Crippen LogP contribution in [-0.2, 0) is 13.0 Å². The average molecular weight is 435 g/mol. The fraction of sp³-hybridized carbons (Fsp3) is 0.435. The molecule has 3 aromatic rings. The fourth-order valence-corrected chi connectivity index (χ4v) is 4.38. The minimum atomic E-state index is -0.163. The SMILES string of the molecule is CN(C)c1cnc(Nc2ccc(N3CCC(O)CC3)cc2)nc1N1CCc2nc[nH]c2C1. The molecule has 0 saturated carbocycles. The van der Waals surface area contributed by atoms with Gasteiger partial charge in [-0.3, -0.25) is 0 Å². The highest BCUT2D eigenvalue weighted by atomic mass is 16.3. The minimum absolute atomic E-state index is 0.163. The fourth-order valence-electron chi connectivity index (χ4n) is 4.38. The first-order chi connectivity index (χ1) is 15.6. The van der Waals surface area contributed by atoms with E-state index in [0.717, 1.165) is 74.0 Å². The molecule has 32 heavy (non-hydrogen) atoms. The van der Waals surface area contributed by atoms with Gasteiger partial charge in [-0.25, -0.2) is 9.97 Å². The molecule has 0 atom stereocenters. The molecule has 168 valence electrons. The van der Waals surface area contributed by atoms with Gasteiger partial charge in [0.1, 0.15) is 0 Å². The molecule has 1 aromatic carbocycles. The Morgan fingerprint density at radius 1 is 1.06 bits per heavy atom. The summed E-state index contributed by atoms with van der Waals surface area (Å²) in [6.07, 6.45) is 6.03. The van der Waals surface area contributed by atoms with Crippen LogP contribution in [0.1, 0.15) is 24.2 Å². The van der Waals surface area contributed by atoms with Crippen LogP contribution in [0, 0.1) is 0 Å². The van der Waals surface area contributed by atoms with Crippen molar-refractivity contribution in [2.24, 2.45) is 0 Å². The highest BCUT2D eigenvalue weighted by molar-refractivity contribution is 5.69. The van der Waals surface area contributed by atoms with Gasteiger partial charge in [0.25, 0.3) is 0 Å². The van der Waals surface area contributed by atoms with Crippen molar-refractivity contribution < 1.29 is 5.11 Å². The van der Waals surface area contributed by atoms with Gasteiger partial charge in [-0.05, 0) is 37.1 Å². The molecule has 9 nitrogen and oxygen atoms in total. The zero-order valence-electron chi connectivity index (χ0n) is 18.6. The summed E-state index contributed by atoms with van der Waals surface area (Å²) in [5.41, 5.74) is 5.40. The lowest BCUT2D eigenvalue weighted by atomic mass is 10.1. The molecule has 2 aliphatic heterocycles. The van der Waals surface area contributed by atoms with Gasteiger partial charge in [0.05, 0.1) is 42.2 Å². The van der Waals surface area contributed by atoms with E-state index in [2.05, 4.69) is 54.3 Å². The van der Waals surface area contributed by atoms with Crippen molar-refractivity contribution in [1.29, 1.82) is 0 Å². The van der Waals surface area contributed by atoms with Crippen LogP contribution in [0.25, 0.3) is 0 Å². The van der Waals surface area contributed by atoms with Crippen LogP contribution < -0.4 is 20.0 Å². The van der Waals surface area contributed by atoms with Crippen molar-refractivity contribution in [1.82, 2.24) is 19.9 Å². The Hall–Kier alpha value is -3.33. The molecule has 0 aliphatic carbocycles. The molecule has 0 unspecified atom stereocenters. The van der Waals surface area contributed by atoms with Crippen LogP contribution in [-0.4, -0.2) is 64.9 Å². The predicted octanol–water partition coefficient (Wildman–Crippen LogP) is 2.53. The second-order valence-corrected chi connectivity index (χ2v) is 8.69. The molecule has 0 amide bonds. The molecule has 2 aliphatic rings. The van der Waals surface area contributed by atoms with E-state index in [9.17, 15) is 5.11 Å². The van der Waals surface area contributed by atoms with Crippen LogP contribution in [0.5, 0.6) is 0 Å². The molecule has 1 saturated heterocycles.